The summed E-state index contributed by atoms with van der Waals surface area (Å²) in [6.45, 7) is 0. The number of para-hydroxylation sites is 1. The van der Waals surface area contributed by atoms with Crippen LogP contribution in [0.1, 0.15) is 15.9 Å². The summed E-state index contributed by atoms with van der Waals surface area (Å²) >= 11 is 0. The average Bonchev–Trinajstić information content (AvgIpc) is 2.27. The van der Waals surface area contributed by atoms with E-state index in [2.05, 4.69) is 0 Å². The third-order valence-corrected chi connectivity index (χ3v) is 2.33. The van der Waals surface area contributed by atoms with Crippen LogP contribution >= 0.6 is 0 Å². The molecule has 2 aromatic carbocycles. The zero-order chi connectivity index (χ0) is 12.4. The number of hydrogen-bond donors (Lipinski definition) is 1. The molecule has 0 saturated heterocycles. The average molecular weight is 233 g/mol. The lowest BCUT2D eigenvalue weighted by atomic mass is 10.0. The number of hydrogen-bond acceptors (Lipinski definition) is 2. The maximum atomic E-state index is 13.0. The first-order chi connectivity index (χ1) is 8.08. The fourth-order valence-corrected chi connectivity index (χ4v) is 1.54. The van der Waals surface area contributed by atoms with Gasteiger partial charge in [0, 0.05) is 22.9 Å². The fraction of sp³-hybridized carbons (Fsp3) is 0. The van der Waals surface area contributed by atoms with Crippen LogP contribution in [0.5, 0.6) is 0 Å². The number of anilines is 1. The molecule has 86 valence electrons. The van der Waals surface area contributed by atoms with E-state index in [0.29, 0.717) is 6.07 Å². The molecular formula is C13H9F2NO. The SMILES string of the molecule is Nc1ccccc1C(=O)c1cc(F)cc(F)c1. The molecule has 2 nitrogen and oxygen atoms in total. The van der Waals surface area contributed by atoms with Gasteiger partial charge in [0.05, 0.1) is 0 Å². The molecule has 0 spiro atoms. The highest BCUT2D eigenvalue weighted by Crippen LogP contribution is 2.17. The zero-order valence-corrected chi connectivity index (χ0v) is 8.78. The van der Waals surface area contributed by atoms with Crippen molar-refractivity contribution in [3.05, 3.63) is 65.2 Å². The highest BCUT2D eigenvalue weighted by Gasteiger charge is 2.13. The van der Waals surface area contributed by atoms with Crippen molar-refractivity contribution in [3.8, 4) is 0 Å². The molecule has 0 heterocycles. The quantitative estimate of drug-likeness (QED) is 0.640. The van der Waals surface area contributed by atoms with Gasteiger partial charge in [0.25, 0.3) is 0 Å². The van der Waals surface area contributed by atoms with Gasteiger partial charge >= 0.3 is 0 Å². The summed E-state index contributed by atoms with van der Waals surface area (Å²) in [6, 6.07) is 9.07. The van der Waals surface area contributed by atoms with Gasteiger partial charge in [0.2, 0.25) is 0 Å². The number of ketones is 1. The standard InChI is InChI=1S/C13H9F2NO/c14-9-5-8(6-10(15)7-9)13(17)11-3-1-2-4-12(11)16/h1-7H,16H2. The summed E-state index contributed by atoms with van der Waals surface area (Å²) in [5, 5.41) is 0. The van der Waals surface area contributed by atoms with E-state index in [0.717, 1.165) is 12.1 Å². The molecule has 0 radical (unpaired) electrons. The Morgan fingerprint density at radius 1 is 1.00 bits per heavy atom. The molecule has 17 heavy (non-hydrogen) atoms. The third-order valence-electron chi connectivity index (χ3n) is 2.33. The molecule has 4 heteroatoms. The molecule has 0 saturated carbocycles. The lowest BCUT2D eigenvalue weighted by Gasteiger charge is -2.04. The second-order valence-electron chi connectivity index (χ2n) is 3.57. The van der Waals surface area contributed by atoms with Crippen molar-refractivity contribution in [2.45, 2.75) is 0 Å². The maximum Gasteiger partial charge on any atom is 0.195 e. The predicted octanol–water partition coefficient (Wildman–Crippen LogP) is 2.78. The van der Waals surface area contributed by atoms with E-state index in [4.69, 9.17) is 5.73 Å². The van der Waals surface area contributed by atoms with Crippen LogP contribution in [-0.4, -0.2) is 5.78 Å². The Hall–Kier alpha value is -2.23. The van der Waals surface area contributed by atoms with Crippen molar-refractivity contribution in [2.75, 3.05) is 5.73 Å². The molecule has 0 fully saturated rings. The molecule has 0 aliphatic heterocycles. The summed E-state index contributed by atoms with van der Waals surface area (Å²) in [6.07, 6.45) is 0. The van der Waals surface area contributed by atoms with Gasteiger partial charge in [-0.2, -0.15) is 0 Å². The van der Waals surface area contributed by atoms with E-state index in [-0.39, 0.29) is 16.8 Å². The van der Waals surface area contributed by atoms with Gasteiger partial charge in [-0.15, -0.1) is 0 Å². The number of carbonyl (C=O) groups excluding carboxylic acids is 1. The van der Waals surface area contributed by atoms with E-state index in [9.17, 15) is 13.6 Å². The van der Waals surface area contributed by atoms with Gasteiger partial charge < -0.3 is 5.73 Å². The number of nitrogens with two attached hydrogens (primary N) is 1. The molecule has 0 aliphatic carbocycles. The number of nitrogen functional groups attached to an aromatic ring is 1. The van der Waals surface area contributed by atoms with Crippen LogP contribution in [0.4, 0.5) is 14.5 Å². The largest absolute Gasteiger partial charge is 0.398 e. The maximum absolute atomic E-state index is 13.0. The molecular weight excluding hydrogens is 224 g/mol. The van der Waals surface area contributed by atoms with Gasteiger partial charge in [0.15, 0.2) is 5.78 Å². The fourth-order valence-electron chi connectivity index (χ4n) is 1.54. The van der Waals surface area contributed by atoms with Crippen molar-refractivity contribution >= 4 is 11.5 Å². The summed E-state index contributed by atoms with van der Waals surface area (Å²) < 4.78 is 26.0. The second kappa shape index (κ2) is 4.33. The van der Waals surface area contributed by atoms with Crippen LogP contribution in [0.25, 0.3) is 0 Å². The second-order valence-corrected chi connectivity index (χ2v) is 3.57. The minimum Gasteiger partial charge on any atom is -0.398 e. The molecule has 0 bridgehead atoms. The molecule has 0 amide bonds. The van der Waals surface area contributed by atoms with Crippen LogP contribution in [0.3, 0.4) is 0 Å². The highest BCUT2D eigenvalue weighted by atomic mass is 19.1. The van der Waals surface area contributed by atoms with E-state index < -0.39 is 17.4 Å². The van der Waals surface area contributed by atoms with E-state index in [1.807, 2.05) is 0 Å². The Kier molecular flexibility index (Phi) is 2.87. The molecule has 0 aliphatic rings. The van der Waals surface area contributed by atoms with E-state index >= 15 is 0 Å². The van der Waals surface area contributed by atoms with Gasteiger partial charge in [-0.25, -0.2) is 8.78 Å². The number of benzene rings is 2. The van der Waals surface area contributed by atoms with Crippen molar-refractivity contribution in [3.63, 3.8) is 0 Å². The lowest BCUT2D eigenvalue weighted by Crippen LogP contribution is -2.06. The molecule has 0 aromatic heterocycles. The molecule has 0 atom stereocenters. The number of rotatable bonds is 2. The minimum atomic E-state index is -0.789. The highest BCUT2D eigenvalue weighted by molar-refractivity contribution is 6.12. The Bertz CT molecular complexity index is 561. The zero-order valence-electron chi connectivity index (χ0n) is 8.78. The van der Waals surface area contributed by atoms with Crippen LogP contribution in [-0.2, 0) is 0 Å². The monoisotopic (exact) mass is 233 g/mol. The first-order valence-electron chi connectivity index (χ1n) is 4.93. The van der Waals surface area contributed by atoms with Gasteiger partial charge in [-0.1, -0.05) is 12.1 Å². The minimum absolute atomic E-state index is 0.0552. The Labute approximate surface area is 96.7 Å². The van der Waals surface area contributed by atoms with Gasteiger partial charge in [-0.3, -0.25) is 4.79 Å². The van der Waals surface area contributed by atoms with E-state index in [1.54, 1.807) is 18.2 Å². The summed E-state index contributed by atoms with van der Waals surface area (Å²) in [7, 11) is 0. The van der Waals surface area contributed by atoms with E-state index in [1.165, 1.54) is 6.07 Å². The van der Waals surface area contributed by atoms with Crippen molar-refractivity contribution < 1.29 is 13.6 Å². The van der Waals surface area contributed by atoms with Crippen LogP contribution in [0.15, 0.2) is 42.5 Å². The third kappa shape index (κ3) is 2.30. The van der Waals surface area contributed by atoms with Crippen LogP contribution < -0.4 is 5.73 Å². The molecule has 0 unspecified atom stereocenters. The number of halogens is 2. The Morgan fingerprint density at radius 2 is 1.59 bits per heavy atom. The predicted molar refractivity (Wildman–Crippen MR) is 60.6 cm³/mol. The summed E-state index contributed by atoms with van der Waals surface area (Å²) in [4.78, 5) is 12.0. The molecule has 2 N–H and O–H groups in total. The Balaban J connectivity index is 2.48. The summed E-state index contributed by atoms with van der Waals surface area (Å²) in [5.74, 6) is -2.08. The molecule has 2 aromatic rings. The van der Waals surface area contributed by atoms with Gasteiger partial charge in [0.1, 0.15) is 11.6 Å². The van der Waals surface area contributed by atoms with Crippen molar-refractivity contribution in [1.29, 1.82) is 0 Å². The summed E-state index contributed by atoms with van der Waals surface area (Å²) in [5.41, 5.74) is 6.08. The topological polar surface area (TPSA) is 43.1 Å². The van der Waals surface area contributed by atoms with Gasteiger partial charge in [-0.05, 0) is 24.3 Å². The number of carbonyl (C=O) groups is 1. The first kappa shape index (κ1) is 11.3. The molecule has 2 rings (SSSR count). The Morgan fingerprint density at radius 3 is 2.18 bits per heavy atom. The van der Waals surface area contributed by atoms with Crippen molar-refractivity contribution in [1.82, 2.24) is 0 Å². The lowest BCUT2D eigenvalue weighted by molar-refractivity contribution is 0.103. The van der Waals surface area contributed by atoms with Crippen molar-refractivity contribution in [2.24, 2.45) is 0 Å². The first-order valence-corrected chi connectivity index (χ1v) is 4.93. The smallest absolute Gasteiger partial charge is 0.195 e. The van der Waals surface area contributed by atoms with Crippen LogP contribution in [0.2, 0.25) is 0 Å². The van der Waals surface area contributed by atoms with Crippen LogP contribution in [0, 0.1) is 11.6 Å². The normalized spacial score (nSPS) is 10.2.